The molecule has 0 saturated heterocycles. The summed E-state index contributed by atoms with van der Waals surface area (Å²) in [7, 11) is 1.44. The molecule has 0 spiro atoms. The van der Waals surface area contributed by atoms with Gasteiger partial charge in [-0.3, -0.25) is 14.4 Å². The minimum absolute atomic E-state index is 0.0763. The number of hydrogen-bond donors (Lipinski definition) is 3. The van der Waals surface area contributed by atoms with Gasteiger partial charge in [0.2, 0.25) is 0 Å². The van der Waals surface area contributed by atoms with Crippen molar-refractivity contribution in [2.24, 2.45) is 0 Å². The fraction of sp³-hybridized carbons (Fsp3) is 0.350. The molecule has 1 heterocycles. The summed E-state index contributed by atoms with van der Waals surface area (Å²) >= 11 is 0. The molecule has 2 aromatic rings. The van der Waals surface area contributed by atoms with Crippen molar-refractivity contribution in [3.63, 3.8) is 0 Å². The van der Waals surface area contributed by atoms with E-state index in [9.17, 15) is 19.5 Å². The summed E-state index contributed by atoms with van der Waals surface area (Å²) in [4.78, 5) is 37.3. The molecule has 1 saturated carbocycles. The van der Waals surface area contributed by atoms with Crippen LogP contribution in [0.15, 0.2) is 41.3 Å². The Kier molecular flexibility index (Phi) is 5.41. The Morgan fingerprint density at radius 3 is 2.63 bits per heavy atom. The first-order valence-electron chi connectivity index (χ1n) is 8.93. The zero-order chi connectivity index (χ0) is 19.6. The Morgan fingerprint density at radius 1 is 1.26 bits per heavy atom. The summed E-state index contributed by atoms with van der Waals surface area (Å²) in [6.07, 6.45) is 2.74. The van der Waals surface area contributed by atoms with Crippen LogP contribution < -0.4 is 16.2 Å². The van der Waals surface area contributed by atoms with Crippen molar-refractivity contribution in [2.45, 2.75) is 38.5 Å². The third kappa shape index (κ3) is 4.43. The van der Waals surface area contributed by atoms with Crippen LogP contribution in [0, 0.1) is 0 Å². The number of nitrogens with one attached hydrogen (secondary N) is 2. The van der Waals surface area contributed by atoms with E-state index in [1.807, 2.05) is 6.07 Å². The highest BCUT2D eigenvalue weighted by Crippen LogP contribution is 2.19. The van der Waals surface area contributed by atoms with Crippen LogP contribution >= 0.6 is 0 Å². The molecule has 2 amide bonds. The first kappa shape index (κ1) is 18.8. The van der Waals surface area contributed by atoms with Gasteiger partial charge in [-0.25, -0.2) is 0 Å². The lowest BCUT2D eigenvalue weighted by Crippen LogP contribution is -2.34. The molecule has 1 aromatic heterocycles. The van der Waals surface area contributed by atoms with Crippen LogP contribution in [0.1, 0.15) is 57.7 Å². The summed E-state index contributed by atoms with van der Waals surface area (Å²) in [5.41, 5.74) is 1.24. The van der Waals surface area contributed by atoms with E-state index in [-0.39, 0.29) is 29.6 Å². The summed E-state index contributed by atoms with van der Waals surface area (Å²) < 4.78 is 1.35. The maximum absolute atomic E-state index is 12.7. The topological polar surface area (TPSA) is 100 Å². The molecule has 1 fully saturated rings. The quantitative estimate of drug-likeness (QED) is 0.712. The number of amides is 2. The van der Waals surface area contributed by atoms with Crippen molar-refractivity contribution in [1.29, 1.82) is 0 Å². The Labute approximate surface area is 157 Å². The van der Waals surface area contributed by atoms with Crippen LogP contribution in [-0.4, -0.2) is 34.6 Å². The van der Waals surface area contributed by atoms with Gasteiger partial charge in [-0.2, -0.15) is 0 Å². The average Bonchev–Trinajstić information content (AvgIpc) is 3.46. The fourth-order valence-corrected chi connectivity index (χ4v) is 2.82. The predicted molar refractivity (Wildman–Crippen MR) is 101 cm³/mol. The average molecular weight is 369 g/mol. The molecule has 0 unspecified atom stereocenters. The number of carbonyl (C=O) groups excluding carboxylic acids is 2. The van der Waals surface area contributed by atoms with E-state index in [0.717, 1.165) is 24.0 Å². The van der Waals surface area contributed by atoms with Crippen LogP contribution in [0.25, 0.3) is 0 Å². The molecule has 0 bridgehead atoms. The van der Waals surface area contributed by atoms with Crippen molar-refractivity contribution >= 4 is 11.8 Å². The zero-order valence-corrected chi connectivity index (χ0v) is 15.4. The lowest BCUT2D eigenvalue weighted by Gasteiger charge is -2.13. The zero-order valence-electron chi connectivity index (χ0n) is 15.4. The molecule has 142 valence electrons. The maximum Gasteiger partial charge on any atom is 0.263 e. The van der Waals surface area contributed by atoms with Gasteiger partial charge in [0, 0.05) is 19.3 Å². The Bertz CT molecular complexity index is 929. The summed E-state index contributed by atoms with van der Waals surface area (Å²) in [5.74, 6) is -0.832. The SMILES string of the molecule is CNC(=O)c1cc(C(=O)NC2CC2)cn(Cc2cccc([C@@H](C)O)c2)c1=O. The number of pyridine rings is 1. The van der Waals surface area contributed by atoms with E-state index in [1.165, 1.54) is 23.9 Å². The van der Waals surface area contributed by atoms with Gasteiger partial charge in [0.25, 0.3) is 17.4 Å². The number of aliphatic hydroxyl groups is 1. The van der Waals surface area contributed by atoms with Crippen molar-refractivity contribution in [3.8, 4) is 0 Å². The minimum Gasteiger partial charge on any atom is -0.389 e. The van der Waals surface area contributed by atoms with E-state index in [1.54, 1.807) is 25.1 Å². The van der Waals surface area contributed by atoms with Gasteiger partial charge in [-0.1, -0.05) is 24.3 Å². The van der Waals surface area contributed by atoms with Crippen LogP contribution in [0.5, 0.6) is 0 Å². The highest BCUT2D eigenvalue weighted by atomic mass is 16.3. The van der Waals surface area contributed by atoms with Crippen LogP contribution in [0.3, 0.4) is 0 Å². The monoisotopic (exact) mass is 369 g/mol. The van der Waals surface area contributed by atoms with Gasteiger partial charge >= 0.3 is 0 Å². The van der Waals surface area contributed by atoms with Crippen LogP contribution in [-0.2, 0) is 6.54 Å². The van der Waals surface area contributed by atoms with Gasteiger partial charge in [-0.05, 0) is 37.0 Å². The maximum atomic E-state index is 12.7. The normalized spacial score (nSPS) is 14.5. The third-order valence-corrected chi connectivity index (χ3v) is 4.52. The summed E-state index contributed by atoms with van der Waals surface area (Å²) in [6.45, 7) is 1.85. The second kappa shape index (κ2) is 7.75. The third-order valence-electron chi connectivity index (χ3n) is 4.52. The first-order chi connectivity index (χ1) is 12.9. The van der Waals surface area contributed by atoms with Gasteiger partial charge in [0.05, 0.1) is 18.2 Å². The molecular formula is C20H23N3O4. The summed E-state index contributed by atoms with van der Waals surface area (Å²) in [5, 5.41) is 15.1. The van der Waals surface area contributed by atoms with E-state index in [4.69, 9.17) is 0 Å². The highest BCUT2D eigenvalue weighted by Gasteiger charge is 2.25. The van der Waals surface area contributed by atoms with Gasteiger partial charge in [-0.15, -0.1) is 0 Å². The van der Waals surface area contributed by atoms with Gasteiger partial charge < -0.3 is 20.3 Å². The number of rotatable bonds is 6. The molecule has 7 heteroatoms. The number of aliphatic hydroxyl groups excluding tert-OH is 1. The van der Waals surface area contributed by atoms with Crippen molar-refractivity contribution in [2.75, 3.05) is 7.05 Å². The highest BCUT2D eigenvalue weighted by molar-refractivity contribution is 5.99. The van der Waals surface area contributed by atoms with Crippen molar-refractivity contribution < 1.29 is 14.7 Å². The number of aromatic nitrogens is 1. The predicted octanol–water partition coefficient (Wildman–Crippen LogP) is 1.20. The smallest absolute Gasteiger partial charge is 0.263 e. The Balaban J connectivity index is 1.99. The van der Waals surface area contributed by atoms with Gasteiger partial charge in [0.15, 0.2) is 0 Å². The fourth-order valence-electron chi connectivity index (χ4n) is 2.82. The standard InChI is InChI=1S/C20H23N3O4/c1-12(24)14-5-3-4-13(8-14)10-23-11-15(18(25)22-16-6-7-16)9-17(20(23)27)19(26)21-2/h3-5,8-9,11-12,16,24H,6-7,10H2,1-2H3,(H,21,26)(H,22,25)/t12-/m1/s1. The Morgan fingerprint density at radius 2 is 2.00 bits per heavy atom. The molecule has 1 aromatic carbocycles. The minimum atomic E-state index is -0.626. The van der Waals surface area contributed by atoms with E-state index in [0.29, 0.717) is 0 Å². The number of nitrogens with zero attached hydrogens (tertiary/aromatic N) is 1. The first-order valence-corrected chi connectivity index (χ1v) is 8.93. The lowest BCUT2D eigenvalue weighted by molar-refractivity contribution is 0.0950. The number of hydrogen-bond acceptors (Lipinski definition) is 4. The molecule has 0 radical (unpaired) electrons. The molecule has 0 aliphatic heterocycles. The molecule has 7 nitrogen and oxygen atoms in total. The van der Waals surface area contributed by atoms with Crippen molar-refractivity contribution in [1.82, 2.24) is 15.2 Å². The van der Waals surface area contributed by atoms with Crippen molar-refractivity contribution in [3.05, 3.63) is 69.1 Å². The Hall–Kier alpha value is -2.93. The molecule has 3 rings (SSSR count). The second-order valence-corrected chi connectivity index (χ2v) is 6.82. The molecular weight excluding hydrogens is 346 g/mol. The molecule has 27 heavy (non-hydrogen) atoms. The largest absolute Gasteiger partial charge is 0.389 e. The molecule has 1 atom stereocenters. The summed E-state index contributed by atoms with van der Waals surface area (Å²) in [6, 6.07) is 8.73. The van der Waals surface area contributed by atoms with E-state index >= 15 is 0 Å². The number of carbonyl (C=O) groups is 2. The van der Waals surface area contributed by atoms with Crippen LogP contribution in [0.4, 0.5) is 0 Å². The second-order valence-electron chi connectivity index (χ2n) is 6.82. The molecule has 1 aliphatic rings. The van der Waals surface area contributed by atoms with Gasteiger partial charge in [0.1, 0.15) is 5.56 Å². The van der Waals surface area contributed by atoms with E-state index < -0.39 is 17.6 Å². The van der Waals surface area contributed by atoms with E-state index in [2.05, 4.69) is 10.6 Å². The molecule has 1 aliphatic carbocycles. The number of benzene rings is 1. The molecule has 3 N–H and O–H groups in total. The lowest BCUT2D eigenvalue weighted by atomic mass is 10.1. The van der Waals surface area contributed by atoms with Crippen LogP contribution in [0.2, 0.25) is 0 Å².